The molecule has 0 spiro atoms. The lowest BCUT2D eigenvalue weighted by molar-refractivity contribution is -0.122. The third-order valence-electron chi connectivity index (χ3n) is 4.61. The Morgan fingerprint density at radius 2 is 1.84 bits per heavy atom. The van der Waals surface area contributed by atoms with Crippen LogP contribution in [0.2, 0.25) is 0 Å². The molecule has 0 aliphatic rings. The monoisotopic (exact) mass is 444 g/mol. The molecule has 2 N–H and O–H groups in total. The summed E-state index contributed by atoms with van der Waals surface area (Å²) in [7, 11) is 4.51. The summed E-state index contributed by atoms with van der Waals surface area (Å²) in [6.45, 7) is 3.14. The molecule has 32 heavy (non-hydrogen) atoms. The summed E-state index contributed by atoms with van der Waals surface area (Å²) in [5.74, 6) is -0.540. The van der Waals surface area contributed by atoms with E-state index < -0.39 is 29.6 Å². The Kier molecular flexibility index (Phi) is 6.32. The first-order valence-electron chi connectivity index (χ1n) is 9.68. The number of ether oxygens (including phenoxy) is 2. The third kappa shape index (κ3) is 4.33. The number of hydrogen-bond acceptors (Lipinski definition) is 7. The molecule has 12 heteroatoms. The molecule has 3 aromatic rings. The number of methoxy groups -OCH3 is 1. The van der Waals surface area contributed by atoms with Crippen LogP contribution in [-0.2, 0) is 25.4 Å². The fraction of sp³-hybridized carbons (Fsp3) is 0.350. The summed E-state index contributed by atoms with van der Waals surface area (Å²) in [5, 5.41) is 0. The maximum absolute atomic E-state index is 12.7. The lowest BCUT2D eigenvalue weighted by Crippen LogP contribution is -2.47. The van der Waals surface area contributed by atoms with Gasteiger partial charge in [0, 0.05) is 19.7 Å². The number of rotatable bonds is 6. The smallest absolute Gasteiger partial charge is 0.332 e. The highest BCUT2D eigenvalue weighted by Gasteiger charge is 2.18. The van der Waals surface area contributed by atoms with E-state index >= 15 is 0 Å². The predicted molar refractivity (Wildman–Crippen MR) is 115 cm³/mol. The van der Waals surface area contributed by atoms with Crippen molar-refractivity contribution in [1.82, 2.24) is 29.5 Å². The fourth-order valence-corrected chi connectivity index (χ4v) is 3.08. The molecular formula is C20H24N6O6. The van der Waals surface area contributed by atoms with E-state index in [0.717, 1.165) is 4.57 Å². The minimum absolute atomic E-state index is 0.0791. The van der Waals surface area contributed by atoms with E-state index in [0.29, 0.717) is 11.5 Å². The van der Waals surface area contributed by atoms with Crippen LogP contribution < -0.4 is 31.6 Å². The van der Waals surface area contributed by atoms with Crippen LogP contribution in [0.1, 0.15) is 24.2 Å². The predicted octanol–water partition coefficient (Wildman–Crippen LogP) is -0.309. The van der Waals surface area contributed by atoms with Crippen molar-refractivity contribution in [1.29, 1.82) is 0 Å². The Bertz CT molecular complexity index is 1300. The van der Waals surface area contributed by atoms with Gasteiger partial charge in [0.15, 0.2) is 22.7 Å². The van der Waals surface area contributed by atoms with Gasteiger partial charge in [0.05, 0.1) is 19.5 Å². The van der Waals surface area contributed by atoms with Crippen LogP contribution in [0.15, 0.2) is 34.1 Å². The molecule has 0 atom stereocenters. The van der Waals surface area contributed by atoms with Crippen LogP contribution in [0.25, 0.3) is 11.2 Å². The fourth-order valence-electron chi connectivity index (χ4n) is 3.08. The van der Waals surface area contributed by atoms with Gasteiger partial charge < -0.3 is 14.0 Å². The summed E-state index contributed by atoms with van der Waals surface area (Å²) in [5.41, 5.74) is 3.70. The van der Waals surface area contributed by atoms with Gasteiger partial charge in [-0.05, 0) is 32.0 Å². The molecule has 1 aromatic carbocycles. The first kappa shape index (κ1) is 22.6. The summed E-state index contributed by atoms with van der Waals surface area (Å²) in [6, 6.07) is 4.57. The Hall–Kier alpha value is -4.09. The molecule has 2 amide bonds. The molecule has 0 saturated carbocycles. The van der Waals surface area contributed by atoms with Crippen LogP contribution in [0, 0.1) is 0 Å². The van der Waals surface area contributed by atoms with Gasteiger partial charge in [-0.3, -0.25) is 29.8 Å². The molecule has 0 bridgehead atoms. The lowest BCUT2D eigenvalue weighted by Gasteiger charge is -2.14. The Balaban J connectivity index is 1.73. The van der Waals surface area contributed by atoms with Gasteiger partial charge in [-0.15, -0.1) is 0 Å². The highest BCUT2D eigenvalue weighted by atomic mass is 16.5. The second kappa shape index (κ2) is 8.96. The van der Waals surface area contributed by atoms with Gasteiger partial charge in [0.2, 0.25) is 0 Å². The SMILES string of the molecule is COc1cc(C(=O)NNC(=O)Cn2c(=O)c3c(ncn3C)n(C)c2=O)ccc1OC(C)C. The van der Waals surface area contributed by atoms with Crippen molar-refractivity contribution in [3.63, 3.8) is 0 Å². The Labute approximate surface area is 182 Å². The molecule has 0 radical (unpaired) electrons. The number of benzene rings is 1. The number of nitrogens with one attached hydrogen (secondary N) is 2. The quantitative estimate of drug-likeness (QED) is 0.497. The van der Waals surface area contributed by atoms with Crippen molar-refractivity contribution in [2.45, 2.75) is 26.5 Å². The first-order valence-corrected chi connectivity index (χ1v) is 9.68. The molecule has 170 valence electrons. The van der Waals surface area contributed by atoms with Crippen molar-refractivity contribution in [2.75, 3.05) is 7.11 Å². The molecule has 0 aliphatic carbocycles. The highest BCUT2D eigenvalue weighted by Crippen LogP contribution is 2.28. The van der Waals surface area contributed by atoms with Crippen LogP contribution in [0.5, 0.6) is 11.5 Å². The minimum atomic E-state index is -0.759. The van der Waals surface area contributed by atoms with E-state index in [4.69, 9.17) is 9.47 Å². The van der Waals surface area contributed by atoms with Crippen LogP contribution >= 0.6 is 0 Å². The largest absolute Gasteiger partial charge is 0.493 e. The number of imidazole rings is 1. The third-order valence-corrected chi connectivity index (χ3v) is 4.61. The molecule has 3 rings (SSSR count). The standard InChI is InChI=1S/C20H24N6O6/c1-11(2)32-13-7-6-12(8-14(13)31-5)18(28)23-22-15(27)9-26-19(29)16-17(21-10-24(16)3)25(4)20(26)30/h6-8,10-11H,9H2,1-5H3,(H,22,27)(H,23,28). The molecule has 0 unspecified atom stereocenters. The Morgan fingerprint density at radius 1 is 1.12 bits per heavy atom. The Morgan fingerprint density at radius 3 is 2.50 bits per heavy atom. The maximum atomic E-state index is 12.7. The van der Waals surface area contributed by atoms with Gasteiger partial charge in [0.25, 0.3) is 17.4 Å². The van der Waals surface area contributed by atoms with Crippen molar-refractivity contribution >= 4 is 23.0 Å². The molecule has 12 nitrogen and oxygen atoms in total. The number of amides is 2. The summed E-state index contributed by atoms with van der Waals surface area (Å²) in [6.07, 6.45) is 1.33. The number of carbonyl (C=O) groups excluding carboxylic acids is 2. The van der Waals surface area contributed by atoms with Crippen molar-refractivity contribution in [2.24, 2.45) is 14.1 Å². The number of aromatic nitrogens is 4. The second-order valence-electron chi connectivity index (χ2n) is 7.30. The number of hydrazine groups is 1. The van der Waals surface area contributed by atoms with E-state index in [2.05, 4.69) is 15.8 Å². The topological polar surface area (TPSA) is 138 Å². The zero-order chi connectivity index (χ0) is 23.6. The maximum Gasteiger partial charge on any atom is 0.332 e. The van der Waals surface area contributed by atoms with Gasteiger partial charge in [0.1, 0.15) is 6.54 Å². The molecule has 0 fully saturated rings. The highest BCUT2D eigenvalue weighted by molar-refractivity contribution is 5.96. The molecule has 2 heterocycles. The molecule has 0 saturated heterocycles. The van der Waals surface area contributed by atoms with Crippen molar-refractivity contribution in [3.05, 3.63) is 50.9 Å². The number of nitrogens with zero attached hydrogens (tertiary/aromatic N) is 4. The number of fused-ring (bicyclic) bond motifs is 1. The van der Waals surface area contributed by atoms with Gasteiger partial charge >= 0.3 is 5.69 Å². The van der Waals surface area contributed by atoms with Crippen LogP contribution in [0.4, 0.5) is 0 Å². The van der Waals surface area contributed by atoms with Crippen LogP contribution in [0.3, 0.4) is 0 Å². The average Bonchev–Trinajstić information content (AvgIpc) is 3.15. The van der Waals surface area contributed by atoms with Gasteiger partial charge in [-0.25, -0.2) is 14.3 Å². The normalized spacial score (nSPS) is 10.9. The van der Waals surface area contributed by atoms with Crippen LogP contribution in [-0.4, -0.2) is 43.7 Å². The van der Waals surface area contributed by atoms with E-state index in [-0.39, 0.29) is 22.8 Å². The van der Waals surface area contributed by atoms with Crippen molar-refractivity contribution < 1.29 is 19.1 Å². The molecule has 0 aliphatic heterocycles. The van der Waals surface area contributed by atoms with E-state index in [1.165, 1.54) is 41.8 Å². The lowest BCUT2D eigenvalue weighted by atomic mass is 10.2. The molecule has 2 aromatic heterocycles. The summed E-state index contributed by atoms with van der Waals surface area (Å²) < 4.78 is 14.3. The second-order valence-corrected chi connectivity index (χ2v) is 7.30. The van der Waals surface area contributed by atoms with E-state index in [1.807, 2.05) is 13.8 Å². The molecular weight excluding hydrogens is 420 g/mol. The van der Waals surface area contributed by atoms with Gasteiger partial charge in [-0.1, -0.05) is 0 Å². The number of aryl methyl sites for hydroxylation is 2. The van der Waals surface area contributed by atoms with Crippen molar-refractivity contribution in [3.8, 4) is 11.5 Å². The summed E-state index contributed by atoms with van der Waals surface area (Å²) >= 11 is 0. The van der Waals surface area contributed by atoms with Gasteiger partial charge in [-0.2, -0.15) is 0 Å². The minimum Gasteiger partial charge on any atom is -0.493 e. The summed E-state index contributed by atoms with van der Waals surface area (Å²) in [4.78, 5) is 53.9. The first-order chi connectivity index (χ1) is 15.1. The van der Waals surface area contributed by atoms with E-state index in [1.54, 1.807) is 13.1 Å². The zero-order valence-electron chi connectivity index (χ0n) is 18.3. The number of carbonyl (C=O) groups is 2. The zero-order valence-corrected chi connectivity index (χ0v) is 18.3. The number of hydrogen-bond donors (Lipinski definition) is 2. The average molecular weight is 444 g/mol. The van der Waals surface area contributed by atoms with E-state index in [9.17, 15) is 19.2 Å².